The number of aromatic nitrogens is 2. The molecule has 0 saturated carbocycles. The Morgan fingerprint density at radius 3 is 2.76 bits per heavy atom. The molecular weight excluding hydrogens is 272 g/mol. The van der Waals surface area contributed by atoms with Crippen LogP contribution >= 0.6 is 0 Å². The van der Waals surface area contributed by atoms with E-state index in [9.17, 15) is 9.59 Å². The predicted octanol–water partition coefficient (Wildman–Crippen LogP) is 1.16. The number of aromatic amines is 1. The second-order valence-electron chi connectivity index (χ2n) is 5.46. The largest absolute Gasteiger partial charge is 0.481 e. The van der Waals surface area contributed by atoms with E-state index in [0.717, 1.165) is 18.5 Å². The van der Waals surface area contributed by atoms with Gasteiger partial charge in [-0.25, -0.2) is 4.79 Å². The predicted molar refractivity (Wildman–Crippen MR) is 77.0 cm³/mol. The number of carbonyl (C=O) groups excluding carboxylic acids is 1. The molecule has 0 aromatic carbocycles. The van der Waals surface area contributed by atoms with Gasteiger partial charge in [0.15, 0.2) is 0 Å². The second-order valence-corrected chi connectivity index (χ2v) is 5.46. The van der Waals surface area contributed by atoms with Gasteiger partial charge in [-0.15, -0.1) is 0 Å². The second kappa shape index (κ2) is 7.10. The fourth-order valence-electron chi connectivity index (χ4n) is 2.54. The smallest absolute Gasteiger partial charge is 0.317 e. The van der Waals surface area contributed by atoms with E-state index in [1.165, 1.54) is 5.56 Å². The van der Waals surface area contributed by atoms with Crippen LogP contribution in [0, 0.1) is 12.8 Å². The highest BCUT2D eigenvalue weighted by molar-refractivity contribution is 5.75. The van der Waals surface area contributed by atoms with E-state index < -0.39 is 5.97 Å². The van der Waals surface area contributed by atoms with Crippen LogP contribution in [0.25, 0.3) is 0 Å². The number of nitrogens with one attached hydrogen (secondary N) is 2. The number of nitrogens with zero attached hydrogens (tertiary/aromatic N) is 2. The summed E-state index contributed by atoms with van der Waals surface area (Å²) in [6.07, 6.45) is 4.63. The average Bonchev–Trinajstić information content (AvgIpc) is 2.89. The molecule has 1 saturated heterocycles. The third kappa shape index (κ3) is 4.21. The first-order valence-corrected chi connectivity index (χ1v) is 7.32. The zero-order valence-electron chi connectivity index (χ0n) is 12.3. The third-order valence-corrected chi connectivity index (χ3v) is 3.96. The number of rotatable bonds is 5. The minimum absolute atomic E-state index is 0.0947. The maximum Gasteiger partial charge on any atom is 0.317 e. The summed E-state index contributed by atoms with van der Waals surface area (Å²) in [7, 11) is 0. The molecule has 1 aromatic heterocycles. The summed E-state index contributed by atoms with van der Waals surface area (Å²) in [5.74, 6) is -1.07. The first-order valence-electron chi connectivity index (χ1n) is 7.32. The van der Waals surface area contributed by atoms with Gasteiger partial charge in [0.05, 0.1) is 12.1 Å². The Labute approximate surface area is 123 Å². The monoisotopic (exact) mass is 294 g/mol. The number of urea groups is 1. The number of carboxylic acids is 1. The summed E-state index contributed by atoms with van der Waals surface area (Å²) in [5, 5.41) is 18.7. The molecule has 116 valence electrons. The lowest BCUT2D eigenvalue weighted by Gasteiger charge is -2.30. The maximum atomic E-state index is 12.0. The molecule has 7 heteroatoms. The van der Waals surface area contributed by atoms with Crippen molar-refractivity contribution in [3.63, 3.8) is 0 Å². The van der Waals surface area contributed by atoms with Crippen molar-refractivity contribution in [2.75, 3.05) is 19.6 Å². The maximum absolute atomic E-state index is 12.0. The van der Waals surface area contributed by atoms with Crippen molar-refractivity contribution in [2.24, 2.45) is 5.92 Å². The zero-order chi connectivity index (χ0) is 15.2. The van der Waals surface area contributed by atoms with Gasteiger partial charge in [-0.3, -0.25) is 9.89 Å². The molecule has 21 heavy (non-hydrogen) atoms. The molecule has 1 aromatic rings. The minimum atomic E-state index is -0.759. The standard InChI is InChI=1S/C14H22N4O3/c1-10-12(9-16-17-10)3-2-6-15-14(21)18-7-4-11(5-8-18)13(19)20/h9,11H,2-8H2,1H3,(H,15,21)(H,16,17)(H,19,20). The van der Waals surface area contributed by atoms with Crippen LogP contribution in [0.4, 0.5) is 4.79 Å². The lowest BCUT2D eigenvalue weighted by molar-refractivity contribution is -0.143. The van der Waals surface area contributed by atoms with Crippen LogP contribution in [0.1, 0.15) is 30.5 Å². The highest BCUT2D eigenvalue weighted by atomic mass is 16.4. The average molecular weight is 294 g/mol. The van der Waals surface area contributed by atoms with E-state index in [0.29, 0.717) is 32.5 Å². The van der Waals surface area contributed by atoms with Crippen molar-refractivity contribution in [3.05, 3.63) is 17.5 Å². The highest BCUT2D eigenvalue weighted by Crippen LogP contribution is 2.17. The van der Waals surface area contributed by atoms with Crippen molar-refractivity contribution < 1.29 is 14.7 Å². The Hall–Kier alpha value is -2.05. The van der Waals surface area contributed by atoms with Crippen molar-refractivity contribution >= 4 is 12.0 Å². The quantitative estimate of drug-likeness (QED) is 0.710. The summed E-state index contributed by atoms with van der Waals surface area (Å²) in [6.45, 7) is 3.63. The number of piperidine rings is 1. The van der Waals surface area contributed by atoms with Gasteiger partial charge in [0.1, 0.15) is 0 Å². The summed E-state index contributed by atoms with van der Waals surface area (Å²) >= 11 is 0. The number of hydrogen-bond acceptors (Lipinski definition) is 3. The van der Waals surface area contributed by atoms with Crippen LogP contribution in [-0.4, -0.2) is 51.8 Å². The molecule has 2 heterocycles. The number of likely N-dealkylation sites (tertiary alicyclic amines) is 1. The molecule has 1 fully saturated rings. The topological polar surface area (TPSA) is 98.3 Å². The van der Waals surface area contributed by atoms with Gasteiger partial charge in [-0.2, -0.15) is 5.10 Å². The molecule has 1 aliphatic heterocycles. The fourth-order valence-corrected chi connectivity index (χ4v) is 2.54. The van der Waals surface area contributed by atoms with Crippen LogP contribution < -0.4 is 5.32 Å². The van der Waals surface area contributed by atoms with Gasteiger partial charge in [0.2, 0.25) is 0 Å². The number of aliphatic carboxylic acids is 1. The fraction of sp³-hybridized carbons (Fsp3) is 0.643. The van der Waals surface area contributed by atoms with Gasteiger partial charge in [0, 0.05) is 25.3 Å². The molecule has 0 aliphatic carbocycles. The zero-order valence-corrected chi connectivity index (χ0v) is 12.3. The number of carbonyl (C=O) groups is 2. The molecule has 2 rings (SSSR count). The molecule has 1 aliphatic rings. The molecule has 0 unspecified atom stereocenters. The van der Waals surface area contributed by atoms with Gasteiger partial charge >= 0.3 is 12.0 Å². The van der Waals surface area contributed by atoms with E-state index in [-0.39, 0.29) is 11.9 Å². The van der Waals surface area contributed by atoms with Crippen molar-refractivity contribution in [3.8, 4) is 0 Å². The van der Waals surface area contributed by atoms with Crippen molar-refractivity contribution in [2.45, 2.75) is 32.6 Å². The molecule has 0 bridgehead atoms. The lowest BCUT2D eigenvalue weighted by atomic mass is 9.97. The molecule has 2 amide bonds. The molecular formula is C14H22N4O3. The van der Waals surface area contributed by atoms with Gasteiger partial charge < -0.3 is 15.3 Å². The lowest BCUT2D eigenvalue weighted by Crippen LogP contribution is -2.45. The first-order chi connectivity index (χ1) is 10.1. The minimum Gasteiger partial charge on any atom is -0.481 e. The highest BCUT2D eigenvalue weighted by Gasteiger charge is 2.26. The SMILES string of the molecule is Cc1[nH]ncc1CCCNC(=O)N1CCC(C(=O)O)CC1. The van der Waals surface area contributed by atoms with Crippen LogP contribution in [0.3, 0.4) is 0 Å². The Kier molecular flexibility index (Phi) is 5.19. The van der Waals surface area contributed by atoms with E-state index in [1.54, 1.807) is 4.90 Å². The third-order valence-electron chi connectivity index (χ3n) is 3.96. The molecule has 7 nitrogen and oxygen atoms in total. The number of aryl methyl sites for hydroxylation is 2. The van der Waals surface area contributed by atoms with Crippen molar-refractivity contribution in [1.82, 2.24) is 20.4 Å². The number of amides is 2. The Morgan fingerprint density at radius 1 is 1.48 bits per heavy atom. The van der Waals surface area contributed by atoms with Crippen LogP contribution in [0.15, 0.2) is 6.20 Å². The molecule has 3 N–H and O–H groups in total. The Bertz CT molecular complexity index is 492. The van der Waals surface area contributed by atoms with E-state index in [4.69, 9.17) is 5.11 Å². The number of H-pyrrole nitrogens is 1. The van der Waals surface area contributed by atoms with Crippen LogP contribution in [0.2, 0.25) is 0 Å². The summed E-state index contributed by atoms with van der Waals surface area (Å²) in [5.41, 5.74) is 2.24. The summed E-state index contributed by atoms with van der Waals surface area (Å²) in [4.78, 5) is 24.5. The van der Waals surface area contributed by atoms with Gasteiger partial charge in [-0.05, 0) is 38.2 Å². The van der Waals surface area contributed by atoms with Crippen LogP contribution in [-0.2, 0) is 11.2 Å². The first kappa shape index (κ1) is 15.3. The van der Waals surface area contributed by atoms with E-state index >= 15 is 0 Å². The van der Waals surface area contributed by atoms with E-state index in [2.05, 4.69) is 15.5 Å². The Morgan fingerprint density at radius 2 is 2.19 bits per heavy atom. The Balaban J connectivity index is 1.64. The molecule has 0 radical (unpaired) electrons. The summed E-state index contributed by atoms with van der Waals surface area (Å²) < 4.78 is 0. The number of hydrogen-bond donors (Lipinski definition) is 3. The molecule has 0 atom stereocenters. The van der Waals surface area contributed by atoms with Gasteiger partial charge in [-0.1, -0.05) is 0 Å². The van der Waals surface area contributed by atoms with Crippen LogP contribution in [0.5, 0.6) is 0 Å². The number of carboxylic acid groups (broad SMARTS) is 1. The van der Waals surface area contributed by atoms with E-state index in [1.807, 2.05) is 13.1 Å². The summed E-state index contributed by atoms with van der Waals surface area (Å²) in [6, 6.07) is -0.0947. The normalized spacial score (nSPS) is 16.0. The van der Waals surface area contributed by atoms with Crippen molar-refractivity contribution in [1.29, 1.82) is 0 Å². The molecule has 0 spiro atoms. The van der Waals surface area contributed by atoms with Gasteiger partial charge in [0.25, 0.3) is 0 Å².